The summed E-state index contributed by atoms with van der Waals surface area (Å²) in [6.07, 6.45) is 0.741. The number of benzene rings is 1. The van der Waals surface area contributed by atoms with Crippen LogP contribution >= 0.6 is 0 Å². The maximum atomic E-state index is 12.2. The van der Waals surface area contributed by atoms with Gasteiger partial charge < -0.3 is 15.0 Å². The Morgan fingerprint density at radius 3 is 2.28 bits per heavy atom. The fraction of sp³-hybridized carbons (Fsp3) is 0.588. The zero-order valence-corrected chi connectivity index (χ0v) is 16.2. The molecule has 1 aromatic rings. The molecule has 0 fully saturated rings. The molecule has 0 bridgehead atoms. The van der Waals surface area contributed by atoms with E-state index in [1.807, 2.05) is 27.7 Å². The van der Waals surface area contributed by atoms with Gasteiger partial charge in [0, 0.05) is 31.9 Å². The van der Waals surface area contributed by atoms with Crippen LogP contribution in [0, 0.1) is 0 Å². The van der Waals surface area contributed by atoms with Crippen molar-refractivity contribution in [3.05, 3.63) is 24.3 Å². The first-order valence-electron chi connectivity index (χ1n) is 8.57. The van der Waals surface area contributed by atoms with Gasteiger partial charge in [-0.3, -0.25) is 0 Å². The minimum absolute atomic E-state index is 0.135. The lowest BCUT2D eigenvalue weighted by atomic mass is 10.3. The first-order chi connectivity index (χ1) is 11.8. The smallest absolute Gasteiger partial charge is 0.321 e. The monoisotopic (exact) mass is 371 g/mol. The second-order valence-electron chi connectivity index (χ2n) is 5.80. The number of rotatable bonds is 10. The van der Waals surface area contributed by atoms with Crippen LogP contribution in [0.15, 0.2) is 29.2 Å². The molecule has 1 rings (SSSR count). The number of anilines is 1. The van der Waals surface area contributed by atoms with Crippen molar-refractivity contribution in [2.24, 2.45) is 0 Å². The Labute approximate surface area is 150 Å². The summed E-state index contributed by atoms with van der Waals surface area (Å²) in [6.45, 7) is 9.72. The molecular weight excluding hydrogens is 342 g/mol. The lowest BCUT2D eigenvalue weighted by Gasteiger charge is -2.19. The third-order valence-electron chi connectivity index (χ3n) is 3.53. The number of carbonyl (C=O) groups excluding carboxylic acids is 1. The topological polar surface area (TPSA) is 87.7 Å². The Hall–Kier alpha value is -1.64. The van der Waals surface area contributed by atoms with Gasteiger partial charge in [0.05, 0.1) is 11.0 Å². The van der Waals surface area contributed by atoms with Crippen molar-refractivity contribution in [2.75, 3.05) is 31.6 Å². The highest BCUT2D eigenvalue weighted by atomic mass is 32.2. The predicted octanol–water partition coefficient (Wildman–Crippen LogP) is 2.65. The summed E-state index contributed by atoms with van der Waals surface area (Å²) < 4.78 is 32.3. The van der Waals surface area contributed by atoms with E-state index in [1.54, 1.807) is 17.0 Å². The van der Waals surface area contributed by atoms with Gasteiger partial charge in [0.1, 0.15) is 0 Å². The fourth-order valence-corrected chi connectivity index (χ4v) is 3.19. The standard InChI is InChI=1S/C17H29N3O4S/c1-5-20(6-2)17(21)19-15-8-10-16(11-9-15)25(22,23)18-12-7-13-24-14(3)4/h8-11,14,18H,5-7,12-13H2,1-4H3,(H,19,21). The Bertz CT molecular complexity index is 626. The van der Waals surface area contributed by atoms with Crippen LogP contribution in [0.1, 0.15) is 34.1 Å². The van der Waals surface area contributed by atoms with Gasteiger partial charge >= 0.3 is 6.03 Å². The number of nitrogens with one attached hydrogen (secondary N) is 2. The van der Waals surface area contributed by atoms with Crippen LogP contribution in [-0.2, 0) is 14.8 Å². The molecule has 0 saturated carbocycles. The van der Waals surface area contributed by atoms with Crippen molar-refractivity contribution in [3.63, 3.8) is 0 Å². The molecule has 0 radical (unpaired) electrons. The summed E-state index contributed by atoms with van der Waals surface area (Å²) in [5.41, 5.74) is 0.557. The Kier molecular flexibility index (Phi) is 8.88. The highest BCUT2D eigenvalue weighted by Crippen LogP contribution is 2.14. The van der Waals surface area contributed by atoms with Crippen molar-refractivity contribution in [3.8, 4) is 0 Å². The second-order valence-corrected chi connectivity index (χ2v) is 7.56. The third kappa shape index (κ3) is 7.41. The SMILES string of the molecule is CCN(CC)C(=O)Nc1ccc(S(=O)(=O)NCCCOC(C)C)cc1. The van der Waals surface area contributed by atoms with Crippen molar-refractivity contribution < 1.29 is 17.9 Å². The Morgan fingerprint density at radius 2 is 1.76 bits per heavy atom. The van der Waals surface area contributed by atoms with Crippen LogP contribution in [0.2, 0.25) is 0 Å². The van der Waals surface area contributed by atoms with E-state index in [2.05, 4.69) is 10.0 Å². The van der Waals surface area contributed by atoms with Crippen molar-refractivity contribution in [1.29, 1.82) is 0 Å². The maximum absolute atomic E-state index is 12.2. The van der Waals surface area contributed by atoms with E-state index >= 15 is 0 Å². The molecule has 0 atom stereocenters. The van der Waals surface area contributed by atoms with E-state index in [-0.39, 0.29) is 17.0 Å². The fourth-order valence-electron chi connectivity index (χ4n) is 2.11. The molecule has 1 aromatic carbocycles. The van der Waals surface area contributed by atoms with Crippen LogP contribution in [-0.4, -0.2) is 51.7 Å². The number of nitrogens with zero attached hydrogens (tertiary/aromatic N) is 1. The summed E-state index contributed by atoms with van der Waals surface area (Å²) in [7, 11) is -3.56. The van der Waals surface area contributed by atoms with Gasteiger partial charge in [0.25, 0.3) is 0 Å². The normalized spacial score (nSPS) is 11.6. The van der Waals surface area contributed by atoms with Gasteiger partial charge in [0.2, 0.25) is 10.0 Å². The molecule has 8 heteroatoms. The van der Waals surface area contributed by atoms with Gasteiger partial charge in [-0.15, -0.1) is 0 Å². The zero-order chi connectivity index (χ0) is 18.9. The molecule has 25 heavy (non-hydrogen) atoms. The number of carbonyl (C=O) groups is 1. The molecule has 0 aromatic heterocycles. The Balaban J connectivity index is 2.58. The van der Waals surface area contributed by atoms with Crippen molar-refractivity contribution in [2.45, 2.75) is 45.1 Å². The minimum atomic E-state index is -3.56. The average Bonchev–Trinajstić information content (AvgIpc) is 2.55. The molecule has 0 aliphatic heterocycles. The molecule has 0 aliphatic carbocycles. The zero-order valence-electron chi connectivity index (χ0n) is 15.4. The molecule has 0 heterocycles. The highest BCUT2D eigenvalue weighted by Gasteiger charge is 2.14. The maximum Gasteiger partial charge on any atom is 0.321 e. The van der Waals surface area contributed by atoms with E-state index < -0.39 is 10.0 Å². The largest absolute Gasteiger partial charge is 0.379 e. The van der Waals surface area contributed by atoms with Gasteiger partial charge in [0.15, 0.2) is 0 Å². The second kappa shape index (κ2) is 10.4. The number of ether oxygens (including phenoxy) is 1. The number of hydrogen-bond donors (Lipinski definition) is 2. The summed E-state index contributed by atoms with van der Waals surface area (Å²) >= 11 is 0. The van der Waals surface area contributed by atoms with Crippen LogP contribution in [0.4, 0.5) is 10.5 Å². The summed E-state index contributed by atoms with van der Waals surface area (Å²) in [6, 6.07) is 5.91. The summed E-state index contributed by atoms with van der Waals surface area (Å²) in [5, 5.41) is 2.75. The molecule has 0 spiro atoms. The minimum Gasteiger partial charge on any atom is -0.379 e. The highest BCUT2D eigenvalue weighted by molar-refractivity contribution is 7.89. The molecule has 0 saturated heterocycles. The number of urea groups is 1. The molecule has 0 unspecified atom stereocenters. The molecule has 2 amide bonds. The quantitative estimate of drug-likeness (QED) is 0.619. The summed E-state index contributed by atoms with van der Waals surface area (Å²) in [4.78, 5) is 13.8. The van der Waals surface area contributed by atoms with Crippen LogP contribution in [0.3, 0.4) is 0 Å². The average molecular weight is 372 g/mol. The summed E-state index contributed by atoms with van der Waals surface area (Å²) in [5.74, 6) is 0. The number of amides is 2. The predicted molar refractivity (Wildman–Crippen MR) is 99.3 cm³/mol. The lowest BCUT2D eigenvalue weighted by molar-refractivity contribution is 0.0778. The van der Waals surface area contributed by atoms with E-state index in [1.165, 1.54) is 12.1 Å². The number of hydrogen-bond acceptors (Lipinski definition) is 4. The number of sulfonamides is 1. The van der Waals surface area contributed by atoms with Crippen LogP contribution in [0.25, 0.3) is 0 Å². The molecule has 0 aliphatic rings. The molecule has 142 valence electrons. The van der Waals surface area contributed by atoms with E-state index in [4.69, 9.17) is 4.74 Å². The molecule has 7 nitrogen and oxygen atoms in total. The van der Waals surface area contributed by atoms with E-state index in [0.717, 1.165) is 0 Å². The first-order valence-corrected chi connectivity index (χ1v) is 10.1. The third-order valence-corrected chi connectivity index (χ3v) is 5.01. The van der Waals surface area contributed by atoms with Crippen molar-refractivity contribution in [1.82, 2.24) is 9.62 Å². The van der Waals surface area contributed by atoms with Gasteiger partial charge in [-0.1, -0.05) is 0 Å². The Morgan fingerprint density at radius 1 is 1.16 bits per heavy atom. The van der Waals surface area contributed by atoms with Crippen LogP contribution in [0.5, 0.6) is 0 Å². The van der Waals surface area contributed by atoms with Gasteiger partial charge in [-0.25, -0.2) is 17.9 Å². The van der Waals surface area contributed by atoms with Crippen LogP contribution < -0.4 is 10.0 Å². The van der Waals surface area contributed by atoms with Crippen molar-refractivity contribution >= 4 is 21.7 Å². The molecule has 2 N–H and O–H groups in total. The van der Waals surface area contributed by atoms with Gasteiger partial charge in [-0.2, -0.15) is 0 Å². The first kappa shape index (κ1) is 21.4. The van der Waals surface area contributed by atoms with E-state index in [9.17, 15) is 13.2 Å². The van der Waals surface area contributed by atoms with E-state index in [0.29, 0.717) is 38.3 Å². The molecular formula is C17H29N3O4S. The van der Waals surface area contributed by atoms with Gasteiger partial charge in [-0.05, 0) is 58.4 Å². The lowest BCUT2D eigenvalue weighted by Crippen LogP contribution is -2.34.